The molecule has 0 unspecified atom stereocenters. The van der Waals surface area contributed by atoms with Gasteiger partial charge in [-0.05, 0) is 201 Å². The average molecular weight is 1160 g/mol. The minimum absolute atomic E-state index is 0.0583. The van der Waals surface area contributed by atoms with Crippen LogP contribution in [0.15, 0.2) is 333 Å². The fraction of sp³-hybridized carbons (Fsp3) is 0. The molecule has 0 saturated carbocycles. The lowest BCUT2D eigenvalue weighted by Gasteiger charge is -2.45. The third-order valence-corrected chi connectivity index (χ3v) is 17.2. The maximum atomic E-state index is 9.83. The number of hydrogen-bond acceptors (Lipinski definition) is 4. The molecular formula is C84H55BN4. The van der Waals surface area contributed by atoms with E-state index < -0.39 is 181 Å². The van der Waals surface area contributed by atoms with Gasteiger partial charge in [0.2, 0.25) is 0 Å². The first kappa shape index (κ1) is 31.7. The lowest BCUT2D eigenvalue weighted by Crippen LogP contribution is -2.61. The Morgan fingerprint density at radius 1 is 0.247 bits per heavy atom. The van der Waals surface area contributed by atoms with Crippen LogP contribution in [0.2, 0.25) is 0 Å². The molecule has 89 heavy (non-hydrogen) atoms. The quantitative estimate of drug-likeness (QED) is 0.105. The predicted molar refractivity (Wildman–Crippen MR) is 380 cm³/mol. The largest absolute Gasteiger partial charge is 0.311 e. The monoisotopic (exact) mass is 1160 g/mol. The van der Waals surface area contributed by atoms with Gasteiger partial charge in [0, 0.05) is 68.2 Å². The Morgan fingerprint density at radius 2 is 0.551 bits per heavy atom. The second-order valence-corrected chi connectivity index (χ2v) is 21.7. The number of anilines is 12. The zero-order valence-electron chi connectivity index (χ0n) is 71.7. The van der Waals surface area contributed by atoms with Gasteiger partial charge in [0.05, 0.1) is 34.3 Å². The molecule has 5 heteroatoms. The molecule has 2 heterocycles. The Kier molecular flexibility index (Phi) is 7.30. The van der Waals surface area contributed by atoms with Crippen LogP contribution in [0.5, 0.6) is 0 Å². The molecule has 2 aliphatic rings. The summed E-state index contributed by atoms with van der Waals surface area (Å²) in [6.45, 7) is -1.08. The Hall–Kier alpha value is -11.7. The van der Waals surface area contributed by atoms with Gasteiger partial charge in [0.1, 0.15) is 0 Å². The van der Waals surface area contributed by atoms with Crippen LogP contribution < -0.4 is 36.0 Å². The van der Waals surface area contributed by atoms with Crippen LogP contribution in [0.3, 0.4) is 0 Å². The molecule has 0 N–H and O–H groups in total. The lowest BCUT2D eigenvalue weighted by molar-refractivity contribution is 1.23. The van der Waals surface area contributed by atoms with Gasteiger partial charge in [-0.25, -0.2) is 0 Å². The molecular weight excluding hydrogens is 1080 g/mol. The lowest BCUT2D eigenvalue weighted by atomic mass is 9.33. The van der Waals surface area contributed by atoms with Crippen molar-refractivity contribution in [3.05, 3.63) is 333 Å². The molecule has 4 nitrogen and oxygen atoms in total. The standard InChI is InChI=1S/C84H55BN4/c1-6-24-56(25-7-1)57-50-82-84-83(51-57)89(63-43-47-75-71-39-19-17-35-67(71)69-37-21-23-41-73(69)77(75)53-63)81-55-65(87(60-30-12-4-13-31-60)61-32-14-5-15-33-61)45-49-79(81)85(84)78-48-44-64(86(58-26-8-2-9-27-58)59-28-10-3-11-29-59)54-80(78)88(82)62-42-46-74-70-38-18-16-34-66(70)68-36-20-22-40-72(68)76(74)52-62/h1-55H/i1D,2D,3D,4D,5D,6D,7D,8D,9D,10D,11D,12D,13D,14D,15D,24D,25D,26D,27D,28D,29D,30D,31D,32D,33D. The van der Waals surface area contributed by atoms with Gasteiger partial charge < -0.3 is 19.6 Å². The van der Waals surface area contributed by atoms with E-state index >= 15 is 0 Å². The molecule has 0 atom stereocenters. The summed E-state index contributed by atoms with van der Waals surface area (Å²) in [6.07, 6.45) is 0. The molecule has 0 aromatic heterocycles. The predicted octanol–water partition coefficient (Wildman–Crippen LogP) is 21.3. The first-order valence-corrected chi connectivity index (χ1v) is 28.7. The van der Waals surface area contributed by atoms with Crippen molar-refractivity contribution in [3.63, 3.8) is 0 Å². The highest BCUT2D eigenvalue weighted by Crippen LogP contribution is 2.51. The van der Waals surface area contributed by atoms with Crippen molar-refractivity contribution >= 4 is 156 Å². The van der Waals surface area contributed by atoms with E-state index in [1.54, 1.807) is 36.4 Å². The molecule has 414 valence electrons. The second-order valence-electron chi connectivity index (χ2n) is 21.7. The Bertz CT molecular complexity index is 6350. The van der Waals surface area contributed by atoms with Gasteiger partial charge >= 0.3 is 0 Å². The van der Waals surface area contributed by atoms with Crippen LogP contribution in [0.25, 0.3) is 75.8 Å². The van der Waals surface area contributed by atoms with Crippen molar-refractivity contribution in [2.45, 2.75) is 0 Å². The van der Waals surface area contributed by atoms with Crippen LogP contribution in [-0.2, 0) is 0 Å². The van der Waals surface area contributed by atoms with Gasteiger partial charge in [0.15, 0.2) is 0 Å². The van der Waals surface area contributed by atoms with E-state index in [2.05, 4.69) is 0 Å². The first-order valence-electron chi connectivity index (χ1n) is 41.2. The topological polar surface area (TPSA) is 13.0 Å². The van der Waals surface area contributed by atoms with Crippen LogP contribution in [0, 0.1) is 0 Å². The molecule has 0 saturated heterocycles. The zero-order chi connectivity index (χ0) is 80.3. The Balaban J connectivity index is 1.04. The van der Waals surface area contributed by atoms with Gasteiger partial charge in [-0.15, -0.1) is 0 Å². The highest BCUT2D eigenvalue weighted by molar-refractivity contribution is 7.00. The van der Waals surface area contributed by atoms with E-state index in [0.717, 1.165) is 74.4 Å². The summed E-state index contributed by atoms with van der Waals surface area (Å²) >= 11 is 0. The molecule has 2 aliphatic heterocycles. The fourth-order valence-electron chi connectivity index (χ4n) is 13.6. The summed E-state index contributed by atoms with van der Waals surface area (Å²) in [4.78, 5) is 5.86. The molecule has 0 fully saturated rings. The van der Waals surface area contributed by atoms with E-state index in [9.17, 15) is 16.4 Å². The molecule has 0 bridgehead atoms. The number of para-hydroxylation sites is 4. The molecule has 0 spiro atoms. The van der Waals surface area contributed by atoms with E-state index in [1.807, 2.05) is 143 Å². The Labute approximate surface area is 552 Å². The number of rotatable bonds is 9. The maximum absolute atomic E-state index is 9.83. The smallest absolute Gasteiger partial charge is 0.252 e. The van der Waals surface area contributed by atoms with E-state index in [-0.39, 0.29) is 33.9 Å². The molecule has 0 radical (unpaired) electrons. The van der Waals surface area contributed by atoms with E-state index in [0.29, 0.717) is 39.1 Å². The highest BCUT2D eigenvalue weighted by Gasteiger charge is 2.44. The van der Waals surface area contributed by atoms with Crippen molar-refractivity contribution in [2.75, 3.05) is 19.6 Å². The number of benzene rings is 16. The van der Waals surface area contributed by atoms with Gasteiger partial charge in [-0.2, -0.15) is 0 Å². The van der Waals surface area contributed by atoms with E-state index in [1.165, 1.54) is 12.1 Å². The van der Waals surface area contributed by atoms with Crippen molar-refractivity contribution in [1.82, 2.24) is 0 Å². The van der Waals surface area contributed by atoms with Gasteiger partial charge in [0.25, 0.3) is 6.71 Å². The zero-order valence-corrected chi connectivity index (χ0v) is 46.7. The third-order valence-electron chi connectivity index (χ3n) is 17.2. The van der Waals surface area contributed by atoms with Crippen LogP contribution in [-0.4, -0.2) is 6.71 Å². The molecule has 16 aromatic rings. The maximum Gasteiger partial charge on any atom is 0.252 e. The van der Waals surface area contributed by atoms with Crippen molar-refractivity contribution < 1.29 is 34.3 Å². The summed E-state index contributed by atoms with van der Waals surface area (Å²) < 4.78 is 231. The number of hydrogen-bond donors (Lipinski definition) is 0. The summed E-state index contributed by atoms with van der Waals surface area (Å²) in [5, 5.41) is 10.5. The summed E-state index contributed by atoms with van der Waals surface area (Å²) in [7, 11) is 0. The van der Waals surface area contributed by atoms with Gasteiger partial charge in [-0.1, -0.05) is 224 Å². The highest BCUT2D eigenvalue weighted by atomic mass is 15.2. The summed E-state index contributed by atoms with van der Waals surface area (Å²) in [6, 6.07) is 37.2. The number of fused-ring (bicyclic) bond motifs is 16. The number of nitrogens with zero attached hydrogens (tertiary/aromatic N) is 4. The van der Waals surface area contributed by atoms with E-state index in [4.69, 9.17) is 17.8 Å². The van der Waals surface area contributed by atoms with Crippen molar-refractivity contribution in [2.24, 2.45) is 0 Å². The second kappa shape index (κ2) is 20.5. The molecule has 18 rings (SSSR count). The van der Waals surface area contributed by atoms with Crippen LogP contribution in [0.4, 0.5) is 68.2 Å². The van der Waals surface area contributed by atoms with Crippen LogP contribution in [0.1, 0.15) is 34.3 Å². The normalized spacial score (nSPS) is 16.4. The SMILES string of the molecule is [2H]c1c([2H])c([2H])c(-c2cc3c4c(c2)N(c2ccc5c6ccccc6c6ccccc6c5c2)c2cc(N(c5c([2H])c([2H])c([2H])c([2H])c5[2H])c5c([2H])c([2H])c([2H])c([2H])c5[2H])ccc2B4c2ccc(N(c4c([2H])c([2H])c([2H])c([2H])c4[2H])c4c([2H])c([2H])c([2H])c([2H])c4[2H])cc2N3c2ccc3c4ccccc4c4ccccc4c3c2)c([2H])c1[2H]. The molecule has 0 amide bonds. The van der Waals surface area contributed by atoms with Crippen molar-refractivity contribution in [1.29, 1.82) is 0 Å². The summed E-state index contributed by atoms with van der Waals surface area (Å²) in [5.41, 5.74) is 0.518. The first-order chi connectivity index (χ1) is 54.5. The molecule has 0 aliphatic carbocycles. The van der Waals surface area contributed by atoms with Crippen LogP contribution >= 0.6 is 0 Å². The average Bonchev–Trinajstić information content (AvgIpc) is 0.687. The molecule has 16 aromatic carbocycles. The van der Waals surface area contributed by atoms with Crippen molar-refractivity contribution in [3.8, 4) is 11.1 Å². The summed E-state index contributed by atoms with van der Waals surface area (Å²) in [5.74, 6) is 0. The fourth-order valence-corrected chi connectivity index (χ4v) is 13.6. The Morgan fingerprint density at radius 3 is 0.888 bits per heavy atom. The van der Waals surface area contributed by atoms with Gasteiger partial charge in [-0.3, -0.25) is 0 Å². The minimum atomic E-state index is -1.08. The minimum Gasteiger partial charge on any atom is -0.311 e. The third kappa shape index (κ3) is 8.09.